The molecular weight excluding hydrogens is 252 g/mol. The molecule has 1 amide bonds. The number of hydrogen-bond donors (Lipinski definition) is 2. The fourth-order valence-corrected chi connectivity index (χ4v) is 2.30. The Morgan fingerprint density at radius 2 is 1.85 bits per heavy atom. The molecule has 1 unspecified atom stereocenters. The van der Waals surface area contributed by atoms with Crippen molar-refractivity contribution in [3.63, 3.8) is 0 Å². The number of carbonyl (C=O) groups excluding carboxylic acids is 1. The molecule has 4 nitrogen and oxygen atoms in total. The summed E-state index contributed by atoms with van der Waals surface area (Å²) in [5.74, 6) is 0.101. The van der Waals surface area contributed by atoms with E-state index in [9.17, 15) is 4.79 Å². The molecule has 3 N–H and O–H groups in total. The number of rotatable bonds is 4. The summed E-state index contributed by atoms with van der Waals surface area (Å²) < 4.78 is 5.24. The molecule has 1 rings (SSSR count). The fourth-order valence-electron chi connectivity index (χ4n) is 2.30. The Morgan fingerprint density at radius 3 is 2.30 bits per heavy atom. The van der Waals surface area contributed by atoms with E-state index in [4.69, 9.17) is 10.5 Å². The first-order valence-electron chi connectivity index (χ1n) is 6.97. The number of alkyl carbamates (subject to hydrolysis) is 1. The number of carbonyl (C=O) groups is 1. The molecule has 0 aliphatic carbocycles. The highest BCUT2D eigenvalue weighted by Gasteiger charge is 2.19. The minimum absolute atomic E-state index is 0.101. The molecule has 0 aliphatic rings. The molecular formula is C16H26N2O2. The highest BCUT2D eigenvalue weighted by molar-refractivity contribution is 5.67. The molecule has 1 aromatic rings. The average Bonchev–Trinajstić information content (AvgIpc) is 2.30. The van der Waals surface area contributed by atoms with Gasteiger partial charge in [0.15, 0.2) is 0 Å². The molecule has 0 fully saturated rings. The Bertz CT molecular complexity index is 444. The van der Waals surface area contributed by atoms with Gasteiger partial charge in [-0.3, -0.25) is 0 Å². The molecule has 20 heavy (non-hydrogen) atoms. The first kappa shape index (κ1) is 16.5. The number of nitrogens with one attached hydrogen (secondary N) is 1. The van der Waals surface area contributed by atoms with E-state index in [0.29, 0.717) is 13.1 Å². The van der Waals surface area contributed by atoms with E-state index in [2.05, 4.69) is 31.3 Å². The number of ether oxygens (including phenoxy) is 1. The summed E-state index contributed by atoms with van der Waals surface area (Å²) >= 11 is 0. The second-order valence-electron chi connectivity index (χ2n) is 6.12. The van der Waals surface area contributed by atoms with Crippen LogP contribution in [0.2, 0.25) is 0 Å². The number of hydrogen-bond acceptors (Lipinski definition) is 3. The van der Waals surface area contributed by atoms with Crippen LogP contribution < -0.4 is 11.1 Å². The molecule has 1 atom stereocenters. The maximum absolute atomic E-state index is 11.7. The van der Waals surface area contributed by atoms with Gasteiger partial charge in [-0.2, -0.15) is 0 Å². The first-order chi connectivity index (χ1) is 9.24. The maximum atomic E-state index is 11.7. The van der Waals surface area contributed by atoms with Gasteiger partial charge in [0.1, 0.15) is 5.60 Å². The molecule has 0 radical (unpaired) electrons. The summed E-state index contributed by atoms with van der Waals surface area (Å²) in [6, 6.07) is 6.17. The van der Waals surface area contributed by atoms with Crippen molar-refractivity contribution in [2.24, 2.45) is 5.73 Å². The summed E-state index contributed by atoms with van der Waals surface area (Å²) in [6.45, 7) is 10.6. The lowest BCUT2D eigenvalue weighted by atomic mass is 9.91. The quantitative estimate of drug-likeness (QED) is 0.890. The molecule has 0 heterocycles. The zero-order valence-electron chi connectivity index (χ0n) is 13.1. The van der Waals surface area contributed by atoms with Crippen LogP contribution >= 0.6 is 0 Å². The van der Waals surface area contributed by atoms with Gasteiger partial charge in [0.2, 0.25) is 0 Å². The van der Waals surface area contributed by atoms with Crippen LogP contribution in [-0.4, -0.2) is 24.8 Å². The van der Waals surface area contributed by atoms with Gasteiger partial charge in [0.25, 0.3) is 0 Å². The lowest BCUT2D eigenvalue weighted by molar-refractivity contribution is 0.0524. The van der Waals surface area contributed by atoms with E-state index in [1.54, 1.807) is 0 Å². The second-order valence-corrected chi connectivity index (χ2v) is 6.12. The minimum atomic E-state index is -0.485. The van der Waals surface area contributed by atoms with E-state index in [0.717, 1.165) is 0 Å². The predicted octanol–water partition coefficient (Wildman–Crippen LogP) is 2.87. The van der Waals surface area contributed by atoms with Gasteiger partial charge in [0, 0.05) is 19.0 Å². The van der Waals surface area contributed by atoms with Gasteiger partial charge < -0.3 is 15.8 Å². The lowest BCUT2D eigenvalue weighted by Crippen LogP contribution is -2.36. The van der Waals surface area contributed by atoms with Crippen LogP contribution in [0.4, 0.5) is 4.79 Å². The lowest BCUT2D eigenvalue weighted by Gasteiger charge is -2.23. The molecule has 0 spiro atoms. The minimum Gasteiger partial charge on any atom is -0.444 e. The zero-order valence-corrected chi connectivity index (χ0v) is 13.1. The second kappa shape index (κ2) is 6.75. The molecule has 0 bridgehead atoms. The number of benzene rings is 1. The predicted molar refractivity (Wildman–Crippen MR) is 81.9 cm³/mol. The van der Waals surface area contributed by atoms with Crippen molar-refractivity contribution < 1.29 is 9.53 Å². The Labute approximate surface area is 121 Å². The Kier molecular flexibility index (Phi) is 5.57. The van der Waals surface area contributed by atoms with Gasteiger partial charge in [-0.25, -0.2) is 4.79 Å². The van der Waals surface area contributed by atoms with Gasteiger partial charge in [-0.15, -0.1) is 0 Å². The van der Waals surface area contributed by atoms with Crippen LogP contribution in [-0.2, 0) is 4.74 Å². The number of aryl methyl sites for hydroxylation is 2. The van der Waals surface area contributed by atoms with Crippen LogP contribution in [0, 0.1) is 13.8 Å². The molecule has 0 aromatic heterocycles. The van der Waals surface area contributed by atoms with Crippen LogP contribution in [0.1, 0.15) is 43.4 Å². The van der Waals surface area contributed by atoms with Crippen molar-refractivity contribution in [2.75, 3.05) is 13.1 Å². The summed E-state index contributed by atoms with van der Waals surface area (Å²) in [4.78, 5) is 11.7. The van der Waals surface area contributed by atoms with Crippen molar-refractivity contribution in [1.82, 2.24) is 5.32 Å². The van der Waals surface area contributed by atoms with Gasteiger partial charge in [0.05, 0.1) is 0 Å². The summed E-state index contributed by atoms with van der Waals surface area (Å²) in [5, 5.41) is 2.80. The van der Waals surface area contributed by atoms with Gasteiger partial charge in [-0.1, -0.05) is 18.2 Å². The Morgan fingerprint density at radius 1 is 1.30 bits per heavy atom. The third-order valence-electron chi connectivity index (χ3n) is 3.13. The molecule has 112 valence electrons. The zero-order chi connectivity index (χ0) is 15.3. The highest BCUT2D eigenvalue weighted by atomic mass is 16.6. The molecule has 0 aliphatic heterocycles. The van der Waals surface area contributed by atoms with Gasteiger partial charge in [-0.05, 0) is 51.3 Å². The molecule has 0 saturated carbocycles. The normalized spacial score (nSPS) is 12.9. The Balaban J connectivity index is 2.71. The average molecular weight is 278 g/mol. The van der Waals surface area contributed by atoms with E-state index in [1.807, 2.05) is 26.8 Å². The molecule has 1 aromatic carbocycles. The highest BCUT2D eigenvalue weighted by Crippen LogP contribution is 2.22. The van der Waals surface area contributed by atoms with Crippen molar-refractivity contribution in [3.05, 3.63) is 34.9 Å². The van der Waals surface area contributed by atoms with Crippen molar-refractivity contribution in [3.8, 4) is 0 Å². The van der Waals surface area contributed by atoms with Crippen molar-refractivity contribution >= 4 is 6.09 Å². The third-order valence-corrected chi connectivity index (χ3v) is 3.13. The SMILES string of the molecule is Cc1cccc(C)c1C(CN)CNC(=O)OC(C)(C)C. The summed E-state index contributed by atoms with van der Waals surface area (Å²) in [5.41, 5.74) is 8.99. The van der Waals surface area contributed by atoms with Crippen LogP contribution in [0.15, 0.2) is 18.2 Å². The topological polar surface area (TPSA) is 64.3 Å². The largest absolute Gasteiger partial charge is 0.444 e. The fraction of sp³-hybridized carbons (Fsp3) is 0.562. The smallest absolute Gasteiger partial charge is 0.407 e. The Hall–Kier alpha value is -1.55. The van der Waals surface area contributed by atoms with E-state index in [-0.39, 0.29) is 5.92 Å². The molecule has 0 saturated heterocycles. The first-order valence-corrected chi connectivity index (χ1v) is 6.97. The van der Waals surface area contributed by atoms with Crippen LogP contribution in [0.5, 0.6) is 0 Å². The monoisotopic (exact) mass is 278 g/mol. The molecule has 4 heteroatoms. The summed E-state index contributed by atoms with van der Waals surface area (Å²) in [7, 11) is 0. The van der Waals surface area contributed by atoms with Crippen molar-refractivity contribution in [2.45, 2.75) is 46.1 Å². The van der Waals surface area contributed by atoms with E-state index >= 15 is 0 Å². The number of nitrogens with two attached hydrogens (primary N) is 1. The van der Waals surface area contributed by atoms with E-state index < -0.39 is 11.7 Å². The van der Waals surface area contributed by atoms with Crippen LogP contribution in [0.25, 0.3) is 0 Å². The van der Waals surface area contributed by atoms with Crippen molar-refractivity contribution in [1.29, 1.82) is 0 Å². The third kappa shape index (κ3) is 4.85. The number of amides is 1. The maximum Gasteiger partial charge on any atom is 0.407 e. The standard InChI is InChI=1S/C16H26N2O2/c1-11-7-6-8-12(2)14(11)13(9-17)10-18-15(19)20-16(3,4)5/h6-8,13H,9-10,17H2,1-5H3,(H,18,19). The van der Waals surface area contributed by atoms with E-state index in [1.165, 1.54) is 16.7 Å². The van der Waals surface area contributed by atoms with Crippen LogP contribution in [0.3, 0.4) is 0 Å². The van der Waals surface area contributed by atoms with Gasteiger partial charge >= 0.3 is 6.09 Å². The summed E-state index contributed by atoms with van der Waals surface area (Å²) in [6.07, 6.45) is -0.401.